The molecule has 0 atom stereocenters. The minimum absolute atomic E-state index is 0.0282. The van der Waals surface area contributed by atoms with E-state index in [-0.39, 0.29) is 11.8 Å². The molecule has 0 N–H and O–H groups in total. The van der Waals surface area contributed by atoms with Gasteiger partial charge in [0.2, 0.25) is 5.91 Å². The first-order chi connectivity index (χ1) is 12.1. The smallest absolute Gasteiger partial charge is 0.255 e. The number of benzene rings is 1. The van der Waals surface area contributed by atoms with Gasteiger partial charge in [0.1, 0.15) is 5.75 Å². The van der Waals surface area contributed by atoms with Gasteiger partial charge in [0, 0.05) is 45.6 Å². The number of methoxy groups -OCH3 is 1. The van der Waals surface area contributed by atoms with E-state index in [1.807, 2.05) is 64.1 Å². The normalized spacial score (nSPS) is 14.5. The Labute approximate surface area is 147 Å². The number of nitrogens with zero attached hydrogens (tertiary/aromatic N) is 3. The molecule has 0 unspecified atom stereocenters. The fourth-order valence-electron chi connectivity index (χ4n) is 3.04. The van der Waals surface area contributed by atoms with Crippen LogP contribution in [0.15, 0.2) is 42.7 Å². The highest BCUT2D eigenvalue weighted by Gasteiger charge is 2.25. The van der Waals surface area contributed by atoms with E-state index in [1.165, 1.54) is 0 Å². The second-order valence-electron chi connectivity index (χ2n) is 6.27. The van der Waals surface area contributed by atoms with Crippen molar-refractivity contribution in [2.45, 2.75) is 6.42 Å². The molecule has 2 aromatic rings. The number of carbonyl (C=O) groups is 2. The van der Waals surface area contributed by atoms with Gasteiger partial charge in [0.05, 0.1) is 19.1 Å². The first-order valence-electron chi connectivity index (χ1n) is 8.39. The van der Waals surface area contributed by atoms with Crippen molar-refractivity contribution in [2.24, 2.45) is 7.05 Å². The Kier molecular flexibility index (Phi) is 5.07. The lowest BCUT2D eigenvalue weighted by molar-refractivity contribution is -0.131. The molecule has 2 amide bonds. The van der Waals surface area contributed by atoms with Crippen LogP contribution < -0.4 is 4.74 Å². The molecule has 0 bridgehead atoms. The third-order valence-corrected chi connectivity index (χ3v) is 4.49. The molecule has 6 nitrogen and oxygen atoms in total. The van der Waals surface area contributed by atoms with Crippen LogP contribution in [-0.4, -0.2) is 59.5 Å². The van der Waals surface area contributed by atoms with Gasteiger partial charge in [0.15, 0.2) is 0 Å². The molecule has 1 fully saturated rings. The van der Waals surface area contributed by atoms with E-state index in [4.69, 9.17) is 4.74 Å². The number of ether oxygens (including phenoxy) is 1. The average Bonchev–Trinajstić information content (AvgIpc) is 3.07. The molecule has 0 radical (unpaired) electrons. The van der Waals surface area contributed by atoms with Crippen molar-refractivity contribution in [3.05, 3.63) is 53.9 Å². The molecule has 6 heteroatoms. The summed E-state index contributed by atoms with van der Waals surface area (Å²) in [4.78, 5) is 28.6. The summed E-state index contributed by atoms with van der Waals surface area (Å²) in [5.41, 5.74) is 1.63. The fourth-order valence-corrected chi connectivity index (χ4v) is 3.04. The van der Waals surface area contributed by atoms with Crippen LogP contribution in [0.2, 0.25) is 0 Å². The Morgan fingerprint density at radius 3 is 2.44 bits per heavy atom. The van der Waals surface area contributed by atoms with Gasteiger partial charge in [0.25, 0.3) is 5.91 Å². The molecule has 25 heavy (non-hydrogen) atoms. The zero-order chi connectivity index (χ0) is 17.8. The van der Waals surface area contributed by atoms with E-state index in [1.54, 1.807) is 7.11 Å². The Bertz CT molecular complexity index is 761. The molecule has 3 rings (SSSR count). The molecule has 0 aliphatic carbocycles. The third-order valence-electron chi connectivity index (χ3n) is 4.49. The highest BCUT2D eigenvalue weighted by Crippen LogP contribution is 2.15. The molecule has 132 valence electrons. The number of aryl methyl sites for hydroxylation is 1. The number of aromatic nitrogens is 1. The SMILES string of the molecule is COc1cccc(CC(=O)N2CCN(C(=O)c3ccn(C)c3)CC2)c1. The summed E-state index contributed by atoms with van der Waals surface area (Å²) in [6.07, 6.45) is 4.04. The minimum Gasteiger partial charge on any atom is -0.497 e. The summed E-state index contributed by atoms with van der Waals surface area (Å²) in [6.45, 7) is 2.28. The monoisotopic (exact) mass is 341 g/mol. The van der Waals surface area contributed by atoms with Gasteiger partial charge in [-0.2, -0.15) is 0 Å². The van der Waals surface area contributed by atoms with E-state index in [0.717, 1.165) is 11.3 Å². The van der Waals surface area contributed by atoms with Gasteiger partial charge >= 0.3 is 0 Å². The lowest BCUT2D eigenvalue weighted by Gasteiger charge is -2.34. The molecule has 0 saturated carbocycles. The van der Waals surface area contributed by atoms with Gasteiger partial charge < -0.3 is 19.1 Å². The van der Waals surface area contributed by atoms with Crippen LogP contribution in [0.25, 0.3) is 0 Å². The van der Waals surface area contributed by atoms with Crippen LogP contribution in [0, 0.1) is 0 Å². The maximum Gasteiger partial charge on any atom is 0.255 e. The Morgan fingerprint density at radius 1 is 1.08 bits per heavy atom. The number of hydrogen-bond acceptors (Lipinski definition) is 3. The van der Waals surface area contributed by atoms with Crippen molar-refractivity contribution in [3.8, 4) is 5.75 Å². The van der Waals surface area contributed by atoms with E-state index in [2.05, 4.69) is 0 Å². The Morgan fingerprint density at radius 2 is 1.80 bits per heavy atom. The standard InChI is InChI=1S/C19H23N3O3/c1-20-7-6-16(14-20)19(24)22-10-8-21(9-11-22)18(23)13-15-4-3-5-17(12-15)25-2/h3-7,12,14H,8-11,13H2,1-2H3. The van der Waals surface area contributed by atoms with Crippen LogP contribution in [0.1, 0.15) is 15.9 Å². The number of hydrogen-bond donors (Lipinski definition) is 0. The van der Waals surface area contributed by atoms with Gasteiger partial charge in [-0.05, 0) is 23.8 Å². The molecule has 1 aliphatic heterocycles. The minimum atomic E-state index is 0.0282. The number of carbonyl (C=O) groups excluding carboxylic acids is 2. The highest BCUT2D eigenvalue weighted by atomic mass is 16.5. The van der Waals surface area contributed by atoms with Gasteiger partial charge in [-0.15, -0.1) is 0 Å². The second-order valence-corrected chi connectivity index (χ2v) is 6.27. The molecule has 2 heterocycles. The average molecular weight is 341 g/mol. The first-order valence-corrected chi connectivity index (χ1v) is 8.39. The van der Waals surface area contributed by atoms with Crippen molar-refractivity contribution in [3.63, 3.8) is 0 Å². The van der Waals surface area contributed by atoms with Gasteiger partial charge in [-0.25, -0.2) is 0 Å². The van der Waals surface area contributed by atoms with E-state index in [0.29, 0.717) is 38.2 Å². The van der Waals surface area contributed by atoms with E-state index in [9.17, 15) is 9.59 Å². The summed E-state index contributed by atoms with van der Waals surface area (Å²) < 4.78 is 7.06. The van der Waals surface area contributed by atoms with Crippen molar-refractivity contribution in [2.75, 3.05) is 33.3 Å². The number of piperazine rings is 1. The molecule has 0 spiro atoms. The van der Waals surface area contributed by atoms with Crippen LogP contribution in [0.4, 0.5) is 0 Å². The van der Waals surface area contributed by atoms with Crippen LogP contribution in [0.5, 0.6) is 5.75 Å². The fraction of sp³-hybridized carbons (Fsp3) is 0.368. The summed E-state index contributed by atoms with van der Waals surface area (Å²) in [7, 11) is 3.51. The van der Waals surface area contributed by atoms with Gasteiger partial charge in [-0.3, -0.25) is 9.59 Å². The Balaban J connectivity index is 1.54. The van der Waals surface area contributed by atoms with Crippen molar-refractivity contribution >= 4 is 11.8 Å². The van der Waals surface area contributed by atoms with E-state index >= 15 is 0 Å². The van der Waals surface area contributed by atoms with Crippen LogP contribution in [0.3, 0.4) is 0 Å². The van der Waals surface area contributed by atoms with Crippen LogP contribution >= 0.6 is 0 Å². The van der Waals surface area contributed by atoms with E-state index < -0.39 is 0 Å². The molecule has 1 saturated heterocycles. The summed E-state index contributed by atoms with van der Waals surface area (Å²) in [5, 5.41) is 0. The Hall–Kier alpha value is -2.76. The zero-order valence-corrected chi connectivity index (χ0v) is 14.6. The predicted molar refractivity (Wildman–Crippen MR) is 94.6 cm³/mol. The largest absolute Gasteiger partial charge is 0.497 e. The lowest BCUT2D eigenvalue weighted by atomic mass is 10.1. The number of rotatable bonds is 4. The van der Waals surface area contributed by atoms with Crippen LogP contribution in [-0.2, 0) is 18.3 Å². The molecule has 1 aromatic heterocycles. The quantitative estimate of drug-likeness (QED) is 0.848. The molecule has 1 aliphatic rings. The highest BCUT2D eigenvalue weighted by molar-refractivity contribution is 5.94. The molecular formula is C19H23N3O3. The topological polar surface area (TPSA) is 54.8 Å². The maximum absolute atomic E-state index is 12.5. The summed E-state index contributed by atoms with van der Waals surface area (Å²) >= 11 is 0. The zero-order valence-electron chi connectivity index (χ0n) is 14.6. The first kappa shape index (κ1) is 17.1. The third kappa shape index (κ3) is 4.02. The predicted octanol–water partition coefficient (Wildman–Crippen LogP) is 1.56. The molecular weight excluding hydrogens is 318 g/mol. The van der Waals surface area contributed by atoms with Gasteiger partial charge in [-0.1, -0.05) is 12.1 Å². The number of amides is 2. The lowest BCUT2D eigenvalue weighted by Crippen LogP contribution is -2.50. The maximum atomic E-state index is 12.5. The summed E-state index contributed by atoms with van der Waals surface area (Å²) in [5.74, 6) is 0.865. The summed E-state index contributed by atoms with van der Waals surface area (Å²) in [6, 6.07) is 9.38. The van der Waals surface area contributed by atoms with Crippen molar-refractivity contribution in [1.29, 1.82) is 0 Å². The molecule has 1 aromatic carbocycles. The second kappa shape index (κ2) is 7.42. The van der Waals surface area contributed by atoms with Crippen molar-refractivity contribution < 1.29 is 14.3 Å². The van der Waals surface area contributed by atoms with Crippen molar-refractivity contribution in [1.82, 2.24) is 14.4 Å².